The Morgan fingerprint density at radius 3 is 2.75 bits per heavy atom. The van der Waals surface area contributed by atoms with Gasteiger partial charge in [-0.15, -0.1) is 0 Å². The minimum atomic E-state index is 0.724. The van der Waals surface area contributed by atoms with E-state index in [2.05, 4.69) is 17.1 Å². The summed E-state index contributed by atoms with van der Waals surface area (Å²) in [6.07, 6.45) is 5.43. The molecule has 0 atom stereocenters. The van der Waals surface area contributed by atoms with E-state index in [1.807, 2.05) is 6.92 Å². The Morgan fingerprint density at radius 1 is 1.33 bits per heavy atom. The first-order valence-corrected chi connectivity index (χ1v) is 4.41. The lowest BCUT2D eigenvalue weighted by molar-refractivity contribution is 0.370. The fraction of sp³-hybridized carbons (Fsp3) is 0.667. The lowest BCUT2D eigenvalue weighted by Crippen LogP contribution is -1.85. The Morgan fingerprint density at radius 2 is 2.17 bits per heavy atom. The summed E-state index contributed by atoms with van der Waals surface area (Å²) < 4.78 is 4.97. The monoisotopic (exact) mass is 167 g/mol. The molecule has 0 saturated carbocycles. The largest absolute Gasteiger partial charge is 0.339 e. The van der Waals surface area contributed by atoms with Gasteiger partial charge in [0, 0.05) is 6.42 Å². The number of rotatable bonds is 5. The van der Waals surface area contributed by atoms with Crippen LogP contribution in [-0.2, 0) is 6.42 Å². The number of aryl methyl sites for hydroxylation is 2. The van der Waals surface area contributed by atoms with E-state index in [9.17, 15) is 0 Å². The zero-order valence-corrected chi connectivity index (χ0v) is 7.55. The molecule has 3 heteroatoms. The van der Waals surface area contributed by atoms with Crippen LogP contribution in [0.5, 0.6) is 0 Å². The topological polar surface area (TPSA) is 38.9 Å². The van der Waals surface area contributed by atoms with Gasteiger partial charge >= 0.3 is 0 Å². The molecule has 12 heavy (non-hydrogen) atoms. The van der Waals surface area contributed by atoms with Crippen LogP contribution in [0, 0.1) is 13.8 Å². The molecule has 0 bridgehead atoms. The second kappa shape index (κ2) is 4.91. The molecular formula is C9H15N2O. The van der Waals surface area contributed by atoms with E-state index in [4.69, 9.17) is 4.52 Å². The third-order valence-corrected chi connectivity index (χ3v) is 1.71. The van der Waals surface area contributed by atoms with Crippen molar-refractivity contribution in [2.24, 2.45) is 0 Å². The first-order chi connectivity index (χ1) is 5.83. The van der Waals surface area contributed by atoms with Crippen LogP contribution in [0.2, 0.25) is 0 Å². The van der Waals surface area contributed by atoms with Crippen LogP contribution in [0.1, 0.15) is 37.4 Å². The molecule has 0 saturated heterocycles. The minimum absolute atomic E-state index is 0.724. The van der Waals surface area contributed by atoms with Crippen molar-refractivity contribution in [3.05, 3.63) is 18.6 Å². The van der Waals surface area contributed by atoms with Gasteiger partial charge in [0.25, 0.3) is 0 Å². The van der Waals surface area contributed by atoms with Crippen LogP contribution in [0.25, 0.3) is 0 Å². The molecule has 0 aliphatic heterocycles. The molecule has 67 valence electrons. The third-order valence-electron chi connectivity index (χ3n) is 1.71. The van der Waals surface area contributed by atoms with Crippen molar-refractivity contribution in [3.8, 4) is 0 Å². The van der Waals surface area contributed by atoms with Crippen LogP contribution in [-0.4, -0.2) is 10.1 Å². The van der Waals surface area contributed by atoms with Crippen LogP contribution < -0.4 is 0 Å². The maximum absolute atomic E-state index is 4.97. The average Bonchev–Trinajstić information content (AvgIpc) is 2.45. The van der Waals surface area contributed by atoms with Crippen LogP contribution >= 0.6 is 0 Å². The van der Waals surface area contributed by atoms with Gasteiger partial charge in [0.05, 0.1) is 0 Å². The second-order valence-corrected chi connectivity index (χ2v) is 2.90. The van der Waals surface area contributed by atoms with Gasteiger partial charge in [-0.05, 0) is 13.3 Å². The van der Waals surface area contributed by atoms with Crippen LogP contribution in [0.15, 0.2) is 4.52 Å². The van der Waals surface area contributed by atoms with Gasteiger partial charge in [-0.1, -0.05) is 31.3 Å². The van der Waals surface area contributed by atoms with E-state index in [1.165, 1.54) is 12.8 Å². The van der Waals surface area contributed by atoms with Crippen LogP contribution in [0.4, 0.5) is 0 Å². The molecule has 0 aliphatic carbocycles. The first-order valence-electron chi connectivity index (χ1n) is 4.41. The normalized spacial score (nSPS) is 10.5. The van der Waals surface area contributed by atoms with Crippen molar-refractivity contribution in [3.63, 3.8) is 0 Å². The standard InChI is InChI=1S/C9H15N2O/c1-3-4-5-6-7-9-10-8(2)11-12-9/h1,3-7H2,2H3. The zero-order valence-electron chi connectivity index (χ0n) is 7.55. The Kier molecular flexibility index (Phi) is 3.77. The second-order valence-electron chi connectivity index (χ2n) is 2.90. The third kappa shape index (κ3) is 3.03. The van der Waals surface area contributed by atoms with E-state index >= 15 is 0 Å². The van der Waals surface area contributed by atoms with Gasteiger partial charge in [0.2, 0.25) is 5.89 Å². The molecule has 0 amide bonds. The number of aromatic nitrogens is 2. The molecule has 3 nitrogen and oxygen atoms in total. The maximum atomic E-state index is 4.97. The minimum Gasteiger partial charge on any atom is -0.339 e. The van der Waals surface area contributed by atoms with Crippen molar-refractivity contribution < 1.29 is 4.52 Å². The summed E-state index contributed by atoms with van der Waals surface area (Å²) in [7, 11) is 0. The number of hydrogen-bond acceptors (Lipinski definition) is 3. The van der Waals surface area contributed by atoms with Gasteiger partial charge in [-0.3, -0.25) is 0 Å². The fourth-order valence-electron chi connectivity index (χ4n) is 1.07. The van der Waals surface area contributed by atoms with Crippen molar-refractivity contribution in [2.75, 3.05) is 0 Å². The highest BCUT2D eigenvalue weighted by molar-refractivity contribution is 4.82. The smallest absolute Gasteiger partial charge is 0.226 e. The molecule has 1 aromatic heterocycles. The Balaban J connectivity index is 2.15. The number of nitrogens with zero attached hydrogens (tertiary/aromatic N) is 2. The predicted molar refractivity (Wildman–Crippen MR) is 46.6 cm³/mol. The molecule has 1 rings (SSSR count). The summed E-state index contributed by atoms with van der Waals surface area (Å²) in [5, 5.41) is 3.72. The van der Waals surface area contributed by atoms with Gasteiger partial charge in [-0.25, -0.2) is 0 Å². The van der Waals surface area contributed by atoms with E-state index in [1.54, 1.807) is 0 Å². The van der Waals surface area contributed by atoms with Gasteiger partial charge < -0.3 is 4.52 Å². The van der Waals surface area contributed by atoms with Crippen molar-refractivity contribution in [2.45, 2.75) is 39.0 Å². The highest BCUT2D eigenvalue weighted by Gasteiger charge is 2.00. The maximum Gasteiger partial charge on any atom is 0.226 e. The number of unbranched alkanes of at least 4 members (excludes halogenated alkanes) is 3. The van der Waals surface area contributed by atoms with Crippen molar-refractivity contribution in [1.29, 1.82) is 0 Å². The SMILES string of the molecule is [CH2]CCCCCc1nc(C)no1. The van der Waals surface area contributed by atoms with Crippen molar-refractivity contribution >= 4 is 0 Å². The summed E-state index contributed by atoms with van der Waals surface area (Å²) in [6, 6.07) is 0. The Labute approximate surface area is 73.2 Å². The van der Waals surface area contributed by atoms with E-state index < -0.39 is 0 Å². The molecule has 1 radical (unpaired) electrons. The van der Waals surface area contributed by atoms with Gasteiger partial charge in [0.1, 0.15) is 0 Å². The summed E-state index contributed by atoms with van der Waals surface area (Å²) in [5.41, 5.74) is 0. The average molecular weight is 167 g/mol. The summed E-state index contributed by atoms with van der Waals surface area (Å²) in [4.78, 5) is 4.11. The van der Waals surface area contributed by atoms with Crippen LogP contribution in [0.3, 0.4) is 0 Å². The highest BCUT2D eigenvalue weighted by Crippen LogP contribution is 2.05. The number of hydrogen-bond donors (Lipinski definition) is 0. The molecule has 0 N–H and O–H groups in total. The molecule has 0 aliphatic rings. The highest BCUT2D eigenvalue weighted by atomic mass is 16.5. The first kappa shape index (κ1) is 9.23. The Hall–Kier alpha value is -0.860. The summed E-state index contributed by atoms with van der Waals surface area (Å²) in [6.45, 7) is 5.62. The van der Waals surface area contributed by atoms with E-state index in [0.29, 0.717) is 0 Å². The molecule has 1 heterocycles. The molecule has 0 unspecified atom stereocenters. The quantitative estimate of drug-likeness (QED) is 0.632. The van der Waals surface area contributed by atoms with E-state index in [0.717, 1.165) is 31.0 Å². The predicted octanol–water partition coefficient (Wildman–Crippen LogP) is 2.32. The molecule has 0 aromatic carbocycles. The molecular weight excluding hydrogens is 152 g/mol. The molecule has 0 fully saturated rings. The van der Waals surface area contributed by atoms with Gasteiger partial charge in [-0.2, -0.15) is 4.98 Å². The van der Waals surface area contributed by atoms with E-state index in [-0.39, 0.29) is 0 Å². The van der Waals surface area contributed by atoms with Gasteiger partial charge in [0.15, 0.2) is 5.82 Å². The lowest BCUT2D eigenvalue weighted by Gasteiger charge is -1.93. The summed E-state index contributed by atoms with van der Waals surface area (Å²) >= 11 is 0. The molecule has 1 aromatic rings. The Bertz CT molecular complexity index is 220. The lowest BCUT2D eigenvalue weighted by atomic mass is 10.1. The fourth-order valence-corrected chi connectivity index (χ4v) is 1.07. The summed E-state index contributed by atoms with van der Waals surface area (Å²) in [5.74, 6) is 1.48. The zero-order chi connectivity index (χ0) is 8.81. The van der Waals surface area contributed by atoms with Crippen molar-refractivity contribution in [1.82, 2.24) is 10.1 Å². The molecule has 0 spiro atoms.